The minimum atomic E-state index is -3.89. The van der Waals surface area contributed by atoms with Gasteiger partial charge in [0.15, 0.2) is 14.9 Å². The van der Waals surface area contributed by atoms with Crippen molar-refractivity contribution in [3.63, 3.8) is 0 Å². The van der Waals surface area contributed by atoms with Crippen LogP contribution in [0.5, 0.6) is 0 Å². The summed E-state index contributed by atoms with van der Waals surface area (Å²) < 4.78 is 45.6. The van der Waals surface area contributed by atoms with E-state index in [1.165, 1.54) is 0 Å². The number of hydrogen-bond donors (Lipinski definition) is 1. The summed E-state index contributed by atoms with van der Waals surface area (Å²) >= 11 is 0. The Morgan fingerprint density at radius 1 is 1.33 bits per heavy atom. The third-order valence-electron chi connectivity index (χ3n) is 1.76. The normalized spacial score (nSPS) is 19.9. The molecule has 0 aromatic heterocycles. The lowest BCUT2D eigenvalue weighted by Crippen LogP contribution is -2.50. The minimum absolute atomic E-state index is 0.115. The maximum Gasteiger partial charge on any atom is 0.235 e. The molecule has 0 saturated carbocycles. The predicted molar refractivity (Wildman–Crippen MR) is 53.2 cm³/mol. The van der Waals surface area contributed by atoms with E-state index in [2.05, 4.69) is 5.32 Å². The molecule has 0 bridgehead atoms. The minimum Gasteiger partial charge on any atom is -0.354 e. The molecule has 1 fully saturated rings. The molecular formula is C6H12N2O5S2. The van der Waals surface area contributed by atoms with E-state index in [4.69, 9.17) is 0 Å². The van der Waals surface area contributed by atoms with Gasteiger partial charge < -0.3 is 5.32 Å². The Labute approximate surface area is 88.4 Å². The van der Waals surface area contributed by atoms with E-state index >= 15 is 0 Å². The fourth-order valence-corrected chi connectivity index (χ4v) is 4.64. The fourth-order valence-electron chi connectivity index (χ4n) is 1.20. The van der Waals surface area contributed by atoms with Crippen molar-refractivity contribution in [1.29, 1.82) is 0 Å². The van der Waals surface area contributed by atoms with Crippen LogP contribution in [0.25, 0.3) is 0 Å². The van der Waals surface area contributed by atoms with Crippen molar-refractivity contribution in [2.75, 3.05) is 31.0 Å². The van der Waals surface area contributed by atoms with Crippen LogP contribution in [0.1, 0.15) is 0 Å². The second-order valence-corrected chi connectivity index (χ2v) is 7.81. The molecule has 0 aliphatic carbocycles. The largest absolute Gasteiger partial charge is 0.354 e. The highest BCUT2D eigenvalue weighted by molar-refractivity contribution is 8.06. The van der Waals surface area contributed by atoms with Crippen LogP contribution in [0, 0.1) is 0 Å². The molecular weight excluding hydrogens is 244 g/mol. The third kappa shape index (κ3) is 3.76. The standard InChI is InChI=1S/C6H12N2O5S2/c1-14(10,11)5-15(12,13)8-3-2-7-6(9)4-8/h2-5H2,1H3,(H,7,9). The summed E-state index contributed by atoms with van der Waals surface area (Å²) in [5.41, 5.74) is 0. The summed E-state index contributed by atoms with van der Waals surface area (Å²) in [5, 5.41) is 1.50. The number of nitrogens with zero attached hydrogens (tertiary/aromatic N) is 1. The van der Waals surface area contributed by atoms with Gasteiger partial charge in [0.1, 0.15) is 0 Å². The number of amides is 1. The number of carbonyl (C=O) groups is 1. The molecule has 7 nitrogen and oxygen atoms in total. The fraction of sp³-hybridized carbons (Fsp3) is 0.833. The Bertz CT molecular complexity index is 452. The van der Waals surface area contributed by atoms with E-state index in [-0.39, 0.29) is 19.6 Å². The smallest absolute Gasteiger partial charge is 0.235 e. The lowest BCUT2D eigenvalue weighted by atomic mass is 10.4. The molecule has 1 aliphatic rings. The van der Waals surface area contributed by atoms with Crippen molar-refractivity contribution < 1.29 is 21.6 Å². The van der Waals surface area contributed by atoms with Crippen LogP contribution in [0.3, 0.4) is 0 Å². The Morgan fingerprint density at radius 3 is 2.40 bits per heavy atom. The SMILES string of the molecule is CS(=O)(=O)CS(=O)(=O)N1CCNC(=O)C1. The lowest BCUT2D eigenvalue weighted by Gasteiger charge is -2.25. The van der Waals surface area contributed by atoms with Crippen molar-refractivity contribution in [3.8, 4) is 0 Å². The van der Waals surface area contributed by atoms with E-state index in [1.54, 1.807) is 0 Å². The summed E-state index contributed by atoms with van der Waals surface area (Å²) in [6, 6.07) is 0. The van der Waals surface area contributed by atoms with Crippen LogP contribution in [0.2, 0.25) is 0 Å². The first-order valence-corrected chi connectivity index (χ1v) is 7.80. The maximum absolute atomic E-state index is 11.5. The maximum atomic E-state index is 11.5. The zero-order valence-corrected chi connectivity index (χ0v) is 9.77. The summed E-state index contributed by atoms with van der Waals surface area (Å²) in [6.07, 6.45) is 0.842. The van der Waals surface area contributed by atoms with Gasteiger partial charge in [-0.3, -0.25) is 4.79 Å². The molecule has 0 atom stereocenters. The molecule has 1 N–H and O–H groups in total. The van der Waals surface area contributed by atoms with Crippen molar-refractivity contribution >= 4 is 25.8 Å². The molecule has 0 spiro atoms. The van der Waals surface area contributed by atoms with Gasteiger partial charge in [-0.25, -0.2) is 16.8 Å². The zero-order valence-electron chi connectivity index (χ0n) is 8.13. The van der Waals surface area contributed by atoms with Gasteiger partial charge in [-0.2, -0.15) is 4.31 Å². The van der Waals surface area contributed by atoms with Crippen molar-refractivity contribution in [1.82, 2.24) is 9.62 Å². The number of sulfonamides is 1. The molecule has 1 heterocycles. The van der Waals surface area contributed by atoms with Gasteiger partial charge in [0.2, 0.25) is 15.9 Å². The van der Waals surface area contributed by atoms with Gasteiger partial charge in [0.05, 0.1) is 6.54 Å². The topological polar surface area (TPSA) is 101 Å². The van der Waals surface area contributed by atoms with Crippen molar-refractivity contribution in [2.45, 2.75) is 0 Å². The molecule has 0 aromatic carbocycles. The van der Waals surface area contributed by atoms with E-state index in [0.29, 0.717) is 0 Å². The highest BCUT2D eigenvalue weighted by atomic mass is 32.3. The highest BCUT2D eigenvalue weighted by Crippen LogP contribution is 2.06. The second-order valence-electron chi connectivity index (χ2n) is 3.34. The number of carbonyl (C=O) groups excluding carboxylic acids is 1. The van der Waals surface area contributed by atoms with Gasteiger partial charge in [0.25, 0.3) is 0 Å². The summed E-state index contributed by atoms with van der Waals surface area (Å²) in [6.45, 7) is 0.0171. The monoisotopic (exact) mass is 256 g/mol. The van der Waals surface area contributed by atoms with Crippen LogP contribution in [0.4, 0.5) is 0 Å². The Kier molecular flexibility index (Phi) is 3.36. The van der Waals surface area contributed by atoms with Gasteiger partial charge >= 0.3 is 0 Å². The van der Waals surface area contributed by atoms with E-state index in [9.17, 15) is 21.6 Å². The first-order valence-electron chi connectivity index (χ1n) is 4.13. The van der Waals surface area contributed by atoms with Crippen molar-refractivity contribution in [2.24, 2.45) is 0 Å². The molecule has 1 aliphatic heterocycles. The zero-order chi connectivity index (χ0) is 11.7. The van der Waals surface area contributed by atoms with Crippen molar-refractivity contribution in [3.05, 3.63) is 0 Å². The van der Waals surface area contributed by atoms with E-state index in [0.717, 1.165) is 10.6 Å². The molecule has 0 unspecified atom stereocenters. The van der Waals surface area contributed by atoms with Crippen LogP contribution in [-0.2, 0) is 24.7 Å². The Morgan fingerprint density at radius 2 is 1.93 bits per heavy atom. The Hall–Kier alpha value is -0.670. The third-order valence-corrected chi connectivity index (χ3v) is 5.76. The summed E-state index contributed by atoms with van der Waals surface area (Å²) in [4.78, 5) is 10.9. The number of sulfone groups is 1. The molecule has 0 radical (unpaired) electrons. The molecule has 9 heteroatoms. The first-order chi connectivity index (χ1) is 6.71. The summed E-state index contributed by atoms with van der Waals surface area (Å²) in [5.74, 6) is -0.418. The predicted octanol–water partition coefficient (Wildman–Crippen LogP) is -2.25. The molecule has 1 rings (SSSR count). The molecule has 88 valence electrons. The number of rotatable bonds is 3. The van der Waals surface area contributed by atoms with Crippen LogP contribution >= 0.6 is 0 Å². The summed E-state index contributed by atoms with van der Waals surface area (Å²) in [7, 11) is -7.50. The van der Waals surface area contributed by atoms with Crippen LogP contribution < -0.4 is 5.32 Å². The van der Waals surface area contributed by atoms with Gasteiger partial charge in [-0.1, -0.05) is 0 Å². The van der Waals surface area contributed by atoms with E-state index < -0.39 is 30.9 Å². The average Bonchev–Trinajstić information content (AvgIpc) is 1.99. The van der Waals surface area contributed by atoms with Gasteiger partial charge in [0, 0.05) is 19.3 Å². The molecule has 0 aromatic rings. The molecule has 1 saturated heterocycles. The number of piperazine rings is 1. The van der Waals surface area contributed by atoms with Gasteiger partial charge in [-0.05, 0) is 0 Å². The molecule has 1 amide bonds. The van der Waals surface area contributed by atoms with Crippen LogP contribution in [0.15, 0.2) is 0 Å². The number of nitrogens with one attached hydrogen (secondary N) is 1. The molecule has 15 heavy (non-hydrogen) atoms. The quantitative estimate of drug-likeness (QED) is 0.615. The lowest BCUT2D eigenvalue weighted by molar-refractivity contribution is -0.122. The second kappa shape index (κ2) is 4.06. The van der Waals surface area contributed by atoms with Crippen LogP contribution in [-0.4, -0.2) is 58.0 Å². The van der Waals surface area contributed by atoms with E-state index in [1.807, 2.05) is 0 Å². The van der Waals surface area contributed by atoms with Gasteiger partial charge in [-0.15, -0.1) is 0 Å². The highest BCUT2D eigenvalue weighted by Gasteiger charge is 2.30. The number of hydrogen-bond acceptors (Lipinski definition) is 5. The first kappa shape index (κ1) is 12.4. The average molecular weight is 256 g/mol. The Balaban J connectivity index is 2.82.